The highest BCUT2D eigenvalue weighted by Gasteiger charge is 2.32. The Hall–Kier alpha value is -2.34. The molecule has 1 saturated heterocycles. The maximum atomic E-state index is 12.6. The molecule has 6 heteroatoms. The molecule has 1 heterocycles. The van der Waals surface area contributed by atoms with Crippen LogP contribution < -0.4 is 5.32 Å². The maximum absolute atomic E-state index is 12.6. The maximum Gasteiger partial charge on any atom is 0.416 e. The summed E-state index contributed by atoms with van der Waals surface area (Å²) in [6.07, 6.45) is -2.68. The van der Waals surface area contributed by atoms with Gasteiger partial charge in [0, 0.05) is 12.2 Å². The van der Waals surface area contributed by atoms with Crippen molar-refractivity contribution in [1.82, 2.24) is 4.90 Å². The molecule has 1 N–H and O–H groups in total. The molecule has 3 rings (SSSR count). The number of nitrogens with one attached hydrogen (secondary N) is 1. The monoisotopic (exact) mass is 348 g/mol. The number of amides is 1. The van der Waals surface area contributed by atoms with Gasteiger partial charge in [0.15, 0.2) is 0 Å². The quantitative estimate of drug-likeness (QED) is 0.893. The number of benzene rings is 2. The third-order valence-electron chi connectivity index (χ3n) is 4.37. The van der Waals surface area contributed by atoms with E-state index >= 15 is 0 Å². The number of likely N-dealkylation sites (tertiary alicyclic amines) is 1. The number of rotatable bonds is 4. The molecule has 3 nitrogen and oxygen atoms in total. The van der Waals surface area contributed by atoms with Gasteiger partial charge in [0.05, 0.1) is 11.6 Å². The zero-order chi connectivity index (χ0) is 17.9. The second-order valence-electron chi connectivity index (χ2n) is 6.18. The van der Waals surface area contributed by atoms with Gasteiger partial charge in [0.2, 0.25) is 5.91 Å². The van der Waals surface area contributed by atoms with Crippen LogP contribution in [0.4, 0.5) is 18.9 Å². The van der Waals surface area contributed by atoms with Crippen molar-refractivity contribution < 1.29 is 18.0 Å². The largest absolute Gasteiger partial charge is 0.416 e. The Labute approximate surface area is 144 Å². The molecule has 1 amide bonds. The summed E-state index contributed by atoms with van der Waals surface area (Å²) in [5.74, 6) is -0.0735. The molecule has 25 heavy (non-hydrogen) atoms. The van der Waals surface area contributed by atoms with Gasteiger partial charge < -0.3 is 5.32 Å². The lowest BCUT2D eigenvalue weighted by atomic mass is 10.1. The molecule has 1 fully saturated rings. The van der Waals surface area contributed by atoms with Crippen LogP contribution >= 0.6 is 0 Å². The Kier molecular flexibility index (Phi) is 5.08. The Morgan fingerprint density at radius 1 is 1.08 bits per heavy atom. The van der Waals surface area contributed by atoms with Crippen molar-refractivity contribution in [2.75, 3.05) is 11.9 Å². The number of hydrogen-bond donors (Lipinski definition) is 1. The summed E-state index contributed by atoms with van der Waals surface area (Å²) in [6, 6.07) is 14.1. The molecule has 1 aliphatic rings. The van der Waals surface area contributed by atoms with Crippen molar-refractivity contribution in [3.63, 3.8) is 0 Å². The van der Waals surface area contributed by atoms with Crippen LogP contribution in [0.2, 0.25) is 0 Å². The van der Waals surface area contributed by atoms with Crippen molar-refractivity contribution in [3.05, 3.63) is 65.7 Å². The molecule has 0 spiro atoms. The van der Waals surface area contributed by atoms with E-state index in [1.807, 2.05) is 35.2 Å². The van der Waals surface area contributed by atoms with Crippen molar-refractivity contribution >= 4 is 11.6 Å². The van der Waals surface area contributed by atoms with Crippen LogP contribution in [0, 0.1) is 0 Å². The Bertz CT molecular complexity index is 714. The summed E-state index contributed by atoms with van der Waals surface area (Å²) in [5.41, 5.74) is 0.859. The lowest BCUT2D eigenvalue weighted by Crippen LogP contribution is -2.39. The van der Waals surface area contributed by atoms with E-state index in [0.717, 1.165) is 42.8 Å². The number of alkyl halides is 3. The molecular weight excluding hydrogens is 329 g/mol. The van der Waals surface area contributed by atoms with E-state index in [4.69, 9.17) is 0 Å². The van der Waals surface area contributed by atoms with Crippen LogP contribution in [0.1, 0.15) is 24.0 Å². The lowest BCUT2D eigenvalue weighted by Gasteiger charge is -2.24. The van der Waals surface area contributed by atoms with E-state index in [-0.39, 0.29) is 11.9 Å². The predicted octanol–water partition coefficient (Wildman–Crippen LogP) is 4.31. The summed E-state index contributed by atoms with van der Waals surface area (Å²) in [7, 11) is 0. The molecular formula is C19H19F3N2O. The van der Waals surface area contributed by atoms with Gasteiger partial charge in [-0.25, -0.2) is 0 Å². The number of hydrogen-bond acceptors (Lipinski definition) is 2. The summed E-state index contributed by atoms with van der Waals surface area (Å²) in [6.45, 7) is 1.22. The van der Waals surface area contributed by atoms with Gasteiger partial charge in [-0.05, 0) is 49.2 Å². The van der Waals surface area contributed by atoms with E-state index in [0.29, 0.717) is 6.54 Å². The van der Waals surface area contributed by atoms with E-state index < -0.39 is 11.7 Å². The molecule has 0 aliphatic carbocycles. The van der Waals surface area contributed by atoms with Crippen LogP contribution in [0.15, 0.2) is 54.6 Å². The van der Waals surface area contributed by atoms with Crippen molar-refractivity contribution in [3.8, 4) is 0 Å². The molecule has 0 saturated carbocycles. The molecule has 0 unspecified atom stereocenters. The van der Waals surface area contributed by atoms with Gasteiger partial charge in [-0.1, -0.05) is 30.3 Å². The molecule has 0 radical (unpaired) electrons. The van der Waals surface area contributed by atoms with Crippen LogP contribution in [0.3, 0.4) is 0 Å². The normalized spacial score (nSPS) is 18.3. The third kappa shape index (κ3) is 4.39. The smallest absolute Gasteiger partial charge is 0.325 e. The molecule has 2 aromatic carbocycles. The first-order chi connectivity index (χ1) is 11.9. The van der Waals surface area contributed by atoms with Gasteiger partial charge in [-0.15, -0.1) is 0 Å². The minimum Gasteiger partial charge on any atom is -0.325 e. The number of anilines is 1. The average molecular weight is 348 g/mol. The Balaban J connectivity index is 1.64. The fraction of sp³-hybridized carbons (Fsp3) is 0.316. The molecule has 1 aliphatic heterocycles. The van der Waals surface area contributed by atoms with E-state index in [1.54, 1.807) is 0 Å². The SMILES string of the molecule is O=C(Nc1ccccc1)[C@H]1CCCN1Cc1ccc(C(F)(F)F)cc1. The van der Waals surface area contributed by atoms with E-state index in [1.165, 1.54) is 12.1 Å². The second kappa shape index (κ2) is 7.27. The first-order valence-corrected chi connectivity index (χ1v) is 8.19. The number of nitrogens with zero attached hydrogens (tertiary/aromatic N) is 1. The van der Waals surface area contributed by atoms with Crippen molar-refractivity contribution in [2.24, 2.45) is 0 Å². The van der Waals surface area contributed by atoms with E-state index in [2.05, 4.69) is 5.32 Å². The lowest BCUT2D eigenvalue weighted by molar-refractivity contribution is -0.137. The molecule has 1 atom stereocenters. The Morgan fingerprint density at radius 2 is 1.76 bits per heavy atom. The Morgan fingerprint density at radius 3 is 2.40 bits per heavy atom. The molecule has 132 valence electrons. The highest BCUT2D eigenvalue weighted by molar-refractivity contribution is 5.94. The highest BCUT2D eigenvalue weighted by atomic mass is 19.4. The highest BCUT2D eigenvalue weighted by Crippen LogP contribution is 2.29. The number of carbonyl (C=O) groups excluding carboxylic acids is 1. The second-order valence-corrected chi connectivity index (χ2v) is 6.18. The standard InChI is InChI=1S/C19H19F3N2O/c20-19(21,22)15-10-8-14(9-11-15)13-24-12-4-7-17(24)18(25)23-16-5-2-1-3-6-16/h1-3,5-6,8-11,17H,4,7,12-13H2,(H,23,25)/t17-/m1/s1. The van der Waals surface area contributed by atoms with E-state index in [9.17, 15) is 18.0 Å². The van der Waals surface area contributed by atoms with Crippen LogP contribution in [-0.2, 0) is 17.5 Å². The predicted molar refractivity (Wildman–Crippen MR) is 89.9 cm³/mol. The van der Waals surface area contributed by atoms with Gasteiger partial charge >= 0.3 is 6.18 Å². The van der Waals surface area contributed by atoms with Gasteiger partial charge in [0.25, 0.3) is 0 Å². The third-order valence-corrected chi connectivity index (χ3v) is 4.37. The fourth-order valence-electron chi connectivity index (χ4n) is 3.09. The number of halogens is 3. The van der Waals surface area contributed by atoms with Crippen LogP contribution in [0.25, 0.3) is 0 Å². The first-order valence-electron chi connectivity index (χ1n) is 8.19. The zero-order valence-corrected chi connectivity index (χ0v) is 13.6. The van der Waals surface area contributed by atoms with Crippen LogP contribution in [-0.4, -0.2) is 23.4 Å². The zero-order valence-electron chi connectivity index (χ0n) is 13.6. The van der Waals surface area contributed by atoms with Crippen molar-refractivity contribution in [1.29, 1.82) is 0 Å². The molecule has 2 aromatic rings. The van der Waals surface area contributed by atoms with Crippen LogP contribution in [0.5, 0.6) is 0 Å². The van der Waals surface area contributed by atoms with Gasteiger partial charge in [-0.2, -0.15) is 13.2 Å². The minimum atomic E-state index is -4.33. The number of para-hydroxylation sites is 1. The molecule has 0 bridgehead atoms. The topological polar surface area (TPSA) is 32.3 Å². The number of carbonyl (C=O) groups is 1. The fourth-order valence-corrected chi connectivity index (χ4v) is 3.09. The average Bonchev–Trinajstić information content (AvgIpc) is 3.04. The van der Waals surface area contributed by atoms with Crippen molar-refractivity contribution in [2.45, 2.75) is 31.6 Å². The summed E-state index contributed by atoms with van der Waals surface area (Å²) in [4.78, 5) is 14.5. The summed E-state index contributed by atoms with van der Waals surface area (Å²) < 4.78 is 37.9. The van der Waals surface area contributed by atoms with Gasteiger partial charge in [-0.3, -0.25) is 9.69 Å². The molecule has 0 aromatic heterocycles. The summed E-state index contributed by atoms with van der Waals surface area (Å²) >= 11 is 0. The van der Waals surface area contributed by atoms with Gasteiger partial charge in [0.1, 0.15) is 0 Å². The first kappa shape index (κ1) is 17.5. The summed E-state index contributed by atoms with van der Waals surface area (Å²) in [5, 5.41) is 2.90. The minimum absolute atomic E-state index is 0.0735.